The second-order valence-electron chi connectivity index (χ2n) is 3.88. The van der Waals surface area contributed by atoms with Crippen LogP contribution in [0.2, 0.25) is 4.34 Å². The molecule has 1 aromatic rings. The van der Waals surface area contributed by atoms with E-state index >= 15 is 0 Å². The highest BCUT2D eigenvalue weighted by molar-refractivity contribution is 7.16. The molecule has 1 N–H and O–H groups in total. The summed E-state index contributed by atoms with van der Waals surface area (Å²) in [6.45, 7) is 3.87. The second kappa shape index (κ2) is 8.07. The number of methoxy groups -OCH3 is 1. The average Bonchev–Trinajstić information content (AvgIpc) is 2.68. The summed E-state index contributed by atoms with van der Waals surface area (Å²) in [5.74, 6) is 0. The zero-order valence-corrected chi connectivity index (χ0v) is 11.5. The van der Waals surface area contributed by atoms with Crippen LogP contribution in [-0.2, 0) is 11.3 Å². The molecule has 2 nitrogen and oxygen atoms in total. The highest BCUT2D eigenvalue weighted by Gasteiger charge is 2.07. The van der Waals surface area contributed by atoms with Gasteiger partial charge in [-0.3, -0.25) is 0 Å². The molecule has 1 aromatic heterocycles. The largest absolute Gasteiger partial charge is 0.383 e. The van der Waals surface area contributed by atoms with Crippen molar-refractivity contribution in [1.82, 2.24) is 5.32 Å². The quantitative estimate of drug-likeness (QED) is 0.771. The molecular weight excluding hydrogens is 242 g/mol. The Kier molecular flexibility index (Phi) is 7.05. The third kappa shape index (κ3) is 5.30. The lowest BCUT2D eigenvalue weighted by Gasteiger charge is -2.16. The number of hydrogen-bond acceptors (Lipinski definition) is 3. The molecule has 4 heteroatoms. The molecule has 0 aliphatic heterocycles. The Morgan fingerprint density at radius 2 is 2.31 bits per heavy atom. The lowest BCUT2D eigenvalue weighted by atomic mass is 10.1. The van der Waals surface area contributed by atoms with E-state index in [9.17, 15) is 0 Å². The third-order valence-corrected chi connectivity index (χ3v) is 3.70. The molecule has 0 saturated heterocycles. The maximum absolute atomic E-state index is 5.89. The molecule has 0 fully saturated rings. The molecule has 0 bridgehead atoms. The highest BCUT2D eigenvalue weighted by atomic mass is 35.5. The van der Waals surface area contributed by atoms with Crippen LogP contribution in [-0.4, -0.2) is 19.8 Å². The Hall–Kier alpha value is -0.0900. The molecule has 16 heavy (non-hydrogen) atoms. The van der Waals surface area contributed by atoms with Crippen molar-refractivity contribution in [1.29, 1.82) is 0 Å². The van der Waals surface area contributed by atoms with Crippen LogP contribution in [0.3, 0.4) is 0 Å². The first-order chi connectivity index (χ1) is 7.76. The van der Waals surface area contributed by atoms with Gasteiger partial charge in [0.1, 0.15) is 0 Å². The second-order valence-corrected chi connectivity index (χ2v) is 5.68. The Morgan fingerprint density at radius 1 is 1.50 bits per heavy atom. The number of thiophene rings is 1. The minimum absolute atomic E-state index is 0.450. The van der Waals surface area contributed by atoms with Crippen LogP contribution in [0.15, 0.2) is 12.1 Å². The number of halogens is 1. The van der Waals surface area contributed by atoms with Crippen molar-refractivity contribution < 1.29 is 4.74 Å². The lowest BCUT2D eigenvalue weighted by molar-refractivity contribution is 0.161. The van der Waals surface area contributed by atoms with Gasteiger partial charge in [-0.15, -0.1) is 11.3 Å². The monoisotopic (exact) mass is 261 g/mol. The first-order valence-electron chi connectivity index (χ1n) is 5.72. The summed E-state index contributed by atoms with van der Waals surface area (Å²) in [6.07, 6.45) is 3.64. The number of rotatable bonds is 8. The summed E-state index contributed by atoms with van der Waals surface area (Å²) in [6, 6.07) is 4.47. The van der Waals surface area contributed by atoms with Gasteiger partial charge in [0, 0.05) is 24.6 Å². The van der Waals surface area contributed by atoms with E-state index in [0.717, 1.165) is 17.5 Å². The van der Waals surface area contributed by atoms with Gasteiger partial charge >= 0.3 is 0 Å². The van der Waals surface area contributed by atoms with Crippen LogP contribution >= 0.6 is 22.9 Å². The minimum Gasteiger partial charge on any atom is -0.383 e. The fraction of sp³-hybridized carbons (Fsp3) is 0.667. The molecule has 0 aromatic carbocycles. The zero-order valence-electron chi connectivity index (χ0n) is 9.96. The lowest BCUT2D eigenvalue weighted by Crippen LogP contribution is -2.32. The van der Waals surface area contributed by atoms with Gasteiger partial charge in [0.25, 0.3) is 0 Å². The molecule has 1 rings (SSSR count). The molecule has 0 aliphatic carbocycles. The molecule has 0 saturated carbocycles. The average molecular weight is 262 g/mol. The van der Waals surface area contributed by atoms with E-state index in [-0.39, 0.29) is 0 Å². The van der Waals surface area contributed by atoms with Crippen molar-refractivity contribution in [2.75, 3.05) is 13.7 Å². The molecule has 0 radical (unpaired) electrons. The molecule has 1 atom stereocenters. The predicted octanol–water partition coefficient (Wildman–Crippen LogP) is 3.70. The Bertz CT molecular complexity index is 290. The Morgan fingerprint density at radius 3 is 2.88 bits per heavy atom. The molecular formula is C12H20ClNOS. The number of hydrogen-bond donors (Lipinski definition) is 1. The zero-order chi connectivity index (χ0) is 11.8. The molecule has 0 amide bonds. The van der Waals surface area contributed by atoms with Crippen LogP contribution < -0.4 is 5.32 Å². The van der Waals surface area contributed by atoms with Gasteiger partial charge in [0.2, 0.25) is 0 Å². The first kappa shape index (κ1) is 14.0. The van der Waals surface area contributed by atoms with Crippen molar-refractivity contribution in [2.24, 2.45) is 0 Å². The summed E-state index contributed by atoms with van der Waals surface area (Å²) in [7, 11) is 1.75. The summed E-state index contributed by atoms with van der Waals surface area (Å²) < 4.78 is 6.06. The van der Waals surface area contributed by atoms with Crippen LogP contribution in [0.5, 0.6) is 0 Å². The minimum atomic E-state index is 0.450. The maximum Gasteiger partial charge on any atom is 0.0931 e. The Labute approximate surface area is 107 Å². The van der Waals surface area contributed by atoms with Gasteiger partial charge < -0.3 is 10.1 Å². The normalized spacial score (nSPS) is 12.9. The van der Waals surface area contributed by atoms with Crippen LogP contribution in [0.4, 0.5) is 0 Å². The number of unbranched alkanes of at least 4 members (excludes halogenated alkanes) is 1. The molecule has 1 heterocycles. The highest BCUT2D eigenvalue weighted by Crippen LogP contribution is 2.21. The summed E-state index contributed by atoms with van der Waals surface area (Å²) in [5.41, 5.74) is 0. The van der Waals surface area contributed by atoms with Crippen LogP contribution in [0.1, 0.15) is 31.1 Å². The molecule has 0 spiro atoms. The van der Waals surface area contributed by atoms with Crippen molar-refractivity contribution >= 4 is 22.9 Å². The van der Waals surface area contributed by atoms with Gasteiger partial charge in [-0.05, 0) is 18.6 Å². The van der Waals surface area contributed by atoms with Crippen molar-refractivity contribution in [3.63, 3.8) is 0 Å². The molecule has 1 unspecified atom stereocenters. The summed E-state index contributed by atoms with van der Waals surface area (Å²) in [5, 5.41) is 3.51. The summed E-state index contributed by atoms with van der Waals surface area (Å²) >= 11 is 7.52. The predicted molar refractivity (Wildman–Crippen MR) is 71.4 cm³/mol. The van der Waals surface area contributed by atoms with Gasteiger partial charge in [-0.2, -0.15) is 0 Å². The first-order valence-corrected chi connectivity index (χ1v) is 6.92. The summed E-state index contributed by atoms with van der Waals surface area (Å²) in [4.78, 5) is 1.28. The Balaban J connectivity index is 2.30. The van der Waals surface area contributed by atoms with Crippen LogP contribution in [0, 0.1) is 0 Å². The SMILES string of the molecule is CCCCC(COC)NCc1ccc(Cl)s1. The smallest absolute Gasteiger partial charge is 0.0931 e. The van der Waals surface area contributed by atoms with Crippen molar-refractivity contribution in [3.8, 4) is 0 Å². The van der Waals surface area contributed by atoms with E-state index in [1.807, 2.05) is 6.07 Å². The third-order valence-electron chi connectivity index (χ3n) is 2.47. The maximum atomic E-state index is 5.89. The van der Waals surface area contributed by atoms with Crippen LogP contribution in [0.25, 0.3) is 0 Å². The van der Waals surface area contributed by atoms with Gasteiger partial charge in [0.15, 0.2) is 0 Å². The van der Waals surface area contributed by atoms with E-state index in [0.29, 0.717) is 6.04 Å². The van der Waals surface area contributed by atoms with E-state index in [1.54, 1.807) is 18.4 Å². The fourth-order valence-corrected chi connectivity index (χ4v) is 2.63. The van der Waals surface area contributed by atoms with Gasteiger partial charge in [-0.25, -0.2) is 0 Å². The number of nitrogens with one attached hydrogen (secondary N) is 1. The topological polar surface area (TPSA) is 21.3 Å². The van der Waals surface area contributed by atoms with E-state index < -0.39 is 0 Å². The van der Waals surface area contributed by atoms with Gasteiger partial charge in [0.05, 0.1) is 10.9 Å². The standard InChI is InChI=1S/C12H20ClNOS/c1-3-4-5-10(9-15-2)14-8-11-6-7-12(13)16-11/h6-7,10,14H,3-5,8-9H2,1-2H3. The van der Waals surface area contributed by atoms with Crippen molar-refractivity contribution in [2.45, 2.75) is 38.8 Å². The molecule has 0 aliphatic rings. The number of ether oxygens (including phenoxy) is 1. The van der Waals surface area contributed by atoms with E-state index in [1.165, 1.54) is 24.1 Å². The van der Waals surface area contributed by atoms with E-state index in [4.69, 9.17) is 16.3 Å². The molecule has 92 valence electrons. The van der Waals surface area contributed by atoms with Gasteiger partial charge in [-0.1, -0.05) is 31.4 Å². The van der Waals surface area contributed by atoms with Crippen molar-refractivity contribution in [3.05, 3.63) is 21.3 Å². The fourth-order valence-electron chi connectivity index (χ4n) is 1.59. The van der Waals surface area contributed by atoms with E-state index in [2.05, 4.69) is 18.3 Å².